The number of aryl methyl sites for hydroxylation is 1. The van der Waals surface area contributed by atoms with Crippen molar-refractivity contribution >= 4 is 40.8 Å². The number of ether oxygens (including phenoxy) is 1. The van der Waals surface area contributed by atoms with Gasteiger partial charge in [-0.05, 0) is 48.4 Å². The van der Waals surface area contributed by atoms with Crippen LogP contribution in [0.25, 0.3) is 11.6 Å². The van der Waals surface area contributed by atoms with Crippen molar-refractivity contribution < 1.29 is 14.6 Å². The number of carboxylic acid groups (broad SMARTS) is 1. The van der Waals surface area contributed by atoms with E-state index in [0.717, 1.165) is 5.56 Å². The van der Waals surface area contributed by atoms with E-state index in [4.69, 9.17) is 27.9 Å². The SMILES string of the molecule is COc1ccc(/C(=C/c2c(Cl)cccc2Cl)C(=O)O)cc1C. The Morgan fingerprint density at radius 2 is 1.82 bits per heavy atom. The predicted octanol–water partition coefficient (Wildman–Crippen LogP) is 4.94. The Kier molecular flexibility index (Phi) is 5.11. The fourth-order valence-electron chi connectivity index (χ4n) is 2.11. The van der Waals surface area contributed by atoms with Crippen LogP contribution < -0.4 is 4.74 Å². The molecule has 0 heterocycles. The van der Waals surface area contributed by atoms with Crippen LogP contribution in [0.4, 0.5) is 0 Å². The number of hydrogen-bond acceptors (Lipinski definition) is 2. The Morgan fingerprint density at radius 3 is 2.32 bits per heavy atom. The second-order valence-corrected chi connectivity index (χ2v) is 5.50. The summed E-state index contributed by atoms with van der Waals surface area (Å²) in [4.78, 5) is 11.6. The lowest BCUT2D eigenvalue weighted by molar-refractivity contribution is -0.130. The third-order valence-corrected chi connectivity index (χ3v) is 3.88. The number of hydrogen-bond donors (Lipinski definition) is 1. The lowest BCUT2D eigenvalue weighted by Gasteiger charge is -2.09. The zero-order chi connectivity index (χ0) is 16.3. The lowest BCUT2D eigenvalue weighted by Crippen LogP contribution is -2.01. The molecule has 0 saturated heterocycles. The average molecular weight is 337 g/mol. The first-order valence-corrected chi connectivity index (χ1v) is 7.23. The predicted molar refractivity (Wildman–Crippen MR) is 89.7 cm³/mol. The van der Waals surface area contributed by atoms with Crippen LogP contribution in [0.1, 0.15) is 16.7 Å². The zero-order valence-electron chi connectivity index (χ0n) is 12.1. The standard InChI is InChI=1S/C17H14Cl2O3/c1-10-8-11(6-7-16(10)22-2)12(17(20)21)9-13-14(18)4-3-5-15(13)19/h3-9H,1-2H3,(H,20,21)/b12-9-. The van der Waals surface area contributed by atoms with E-state index in [0.29, 0.717) is 26.9 Å². The lowest BCUT2D eigenvalue weighted by atomic mass is 10.0. The maximum absolute atomic E-state index is 11.6. The van der Waals surface area contributed by atoms with E-state index in [9.17, 15) is 9.90 Å². The third kappa shape index (κ3) is 3.43. The largest absolute Gasteiger partial charge is 0.496 e. The first kappa shape index (κ1) is 16.4. The van der Waals surface area contributed by atoms with Crippen molar-refractivity contribution in [1.29, 1.82) is 0 Å². The summed E-state index contributed by atoms with van der Waals surface area (Å²) in [6.07, 6.45) is 1.48. The highest BCUT2D eigenvalue weighted by atomic mass is 35.5. The number of aliphatic carboxylic acids is 1. The van der Waals surface area contributed by atoms with Crippen molar-refractivity contribution in [3.8, 4) is 5.75 Å². The quantitative estimate of drug-likeness (QED) is 0.635. The Hall–Kier alpha value is -1.97. The van der Waals surface area contributed by atoms with Gasteiger partial charge in [0, 0.05) is 15.6 Å². The minimum Gasteiger partial charge on any atom is -0.496 e. The maximum atomic E-state index is 11.6. The minimum atomic E-state index is -1.06. The van der Waals surface area contributed by atoms with Gasteiger partial charge in [0.1, 0.15) is 5.75 Å². The summed E-state index contributed by atoms with van der Waals surface area (Å²) in [6, 6.07) is 10.2. The van der Waals surface area contributed by atoms with Gasteiger partial charge in [-0.2, -0.15) is 0 Å². The highest BCUT2D eigenvalue weighted by Gasteiger charge is 2.14. The number of halogens is 2. The zero-order valence-corrected chi connectivity index (χ0v) is 13.6. The van der Waals surface area contributed by atoms with Crippen LogP contribution in [0.2, 0.25) is 10.0 Å². The third-order valence-electron chi connectivity index (χ3n) is 3.22. The van der Waals surface area contributed by atoms with E-state index in [1.54, 1.807) is 43.5 Å². The molecule has 0 radical (unpaired) electrons. The van der Waals surface area contributed by atoms with Crippen LogP contribution in [0.5, 0.6) is 5.75 Å². The van der Waals surface area contributed by atoms with Crippen LogP contribution >= 0.6 is 23.2 Å². The Bertz CT molecular complexity index is 731. The van der Waals surface area contributed by atoms with E-state index in [-0.39, 0.29) is 5.57 Å². The first-order chi connectivity index (χ1) is 10.4. The van der Waals surface area contributed by atoms with Crippen LogP contribution in [0.3, 0.4) is 0 Å². The van der Waals surface area contributed by atoms with Crippen molar-refractivity contribution in [1.82, 2.24) is 0 Å². The molecule has 1 N–H and O–H groups in total. The van der Waals surface area contributed by atoms with Crippen LogP contribution in [-0.2, 0) is 4.79 Å². The van der Waals surface area contributed by atoms with Gasteiger partial charge in [0.15, 0.2) is 0 Å². The van der Waals surface area contributed by atoms with Gasteiger partial charge in [0.25, 0.3) is 0 Å². The number of carboxylic acids is 1. The summed E-state index contributed by atoms with van der Waals surface area (Å²) < 4.78 is 5.19. The van der Waals surface area contributed by atoms with Crippen molar-refractivity contribution in [2.75, 3.05) is 7.11 Å². The topological polar surface area (TPSA) is 46.5 Å². The van der Waals surface area contributed by atoms with Crippen LogP contribution in [0, 0.1) is 6.92 Å². The second-order valence-electron chi connectivity index (χ2n) is 4.68. The van der Waals surface area contributed by atoms with E-state index >= 15 is 0 Å². The molecular weight excluding hydrogens is 323 g/mol. The molecule has 3 nitrogen and oxygen atoms in total. The van der Waals surface area contributed by atoms with Gasteiger partial charge < -0.3 is 9.84 Å². The molecule has 0 unspecified atom stereocenters. The van der Waals surface area contributed by atoms with Gasteiger partial charge in [0.05, 0.1) is 12.7 Å². The number of benzene rings is 2. The Labute approximate surface area is 138 Å². The number of carbonyl (C=O) groups is 1. The van der Waals surface area contributed by atoms with Gasteiger partial charge in [-0.3, -0.25) is 0 Å². The first-order valence-electron chi connectivity index (χ1n) is 6.48. The van der Waals surface area contributed by atoms with Crippen LogP contribution in [0.15, 0.2) is 36.4 Å². The molecule has 2 rings (SSSR count). The normalized spacial score (nSPS) is 11.4. The highest BCUT2D eigenvalue weighted by Crippen LogP contribution is 2.30. The summed E-state index contributed by atoms with van der Waals surface area (Å²) >= 11 is 12.2. The van der Waals surface area contributed by atoms with E-state index in [1.807, 2.05) is 6.92 Å². The Morgan fingerprint density at radius 1 is 1.18 bits per heavy atom. The van der Waals surface area contributed by atoms with Crippen molar-refractivity contribution in [3.05, 3.63) is 63.1 Å². The smallest absolute Gasteiger partial charge is 0.336 e. The van der Waals surface area contributed by atoms with Gasteiger partial charge in [-0.1, -0.05) is 35.3 Å². The summed E-state index contributed by atoms with van der Waals surface area (Å²) in [7, 11) is 1.57. The molecule has 22 heavy (non-hydrogen) atoms. The second kappa shape index (κ2) is 6.86. The molecule has 0 saturated carbocycles. The van der Waals surface area contributed by atoms with Gasteiger partial charge >= 0.3 is 5.97 Å². The number of methoxy groups -OCH3 is 1. The molecule has 2 aromatic carbocycles. The molecule has 0 atom stereocenters. The minimum absolute atomic E-state index is 0.112. The molecule has 0 aromatic heterocycles. The van der Waals surface area contributed by atoms with Crippen LogP contribution in [-0.4, -0.2) is 18.2 Å². The molecule has 114 valence electrons. The maximum Gasteiger partial charge on any atom is 0.336 e. The van der Waals surface area contributed by atoms with Crippen molar-refractivity contribution in [2.45, 2.75) is 6.92 Å². The summed E-state index contributed by atoms with van der Waals surface area (Å²) in [5.41, 5.74) is 2.00. The molecule has 2 aromatic rings. The molecule has 0 aliphatic heterocycles. The average Bonchev–Trinajstić information content (AvgIpc) is 2.46. The van der Waals surface area contributed by atoms with Gasteiger partial charge in [-0.15, -0.1) is 0 Å². The monoisotopic (exact) mass is 336 g/mol. The number of rotatable bonds is 4. The van der Waals surface area contributed by atoms with Gasteiger partial charge in [-0.25, -0.2) is 4.79 Å². The summed E-state index contributed by atoms with van der Waals surface area (Å²) in [5, 5.41) is 10.3. The molecule has 0 amide bonds. The van der Waals surface area contributed by atoms with Gasteiger partial charge in [0.2, 0.25) is 0 Å². The van der Waals surface area contributed by atoms with E-state index in [2.05, 4.69) is 0 Å². The Balaban J connectivity index is 2.58. The van der Waals surface area contributed by atoms with E-state index < -0.39 is 5.97 Å². The van der Waals surface area contributed by atoms with Crippen molar-refractivity contribution in [2.24, 2.45) is 0 Å². The molecular formula is C17H14Cl2O3. The highest BCUT2D eigenvalue weighted by molar-refractivity contribution is 6.38. The molecule has 5 heteroatoms. The van der Waals surface area contributed by atoms with Crippen molar-refractivity contribution in [3.63, 3.8) is 0 Å². The molecule has 0 aliphatic rings. The van der Waals surface area contributed by atoms with E-state index in [1.165, 1.54) is 6.08 Å². The summed E-state index contributed by atoms with van der Waals surface area (Å²) in [5.74, 6) is -0.357. The molecule has 0 bridgehead atoms. The molecule has 0 fully saturated rings. The molecule has 0 spiro atoms. The molecule has 0 aliphatic carbocycles. The fourth-order valence-corrected chi connectivity index (χ4v) is 2.61. The summed E-state index contributed by atoms with van der Waals surface area (Å²) in [6.45, 7) is 1.85. The fraction of sp³-hybridized carbons (Fsp3) is 0.118.